The molecule has 2 fully saturated rings. The molecule has 6 atom stereocenters. The molecule has 7 heteroatoms. The van der Waals surface area contributed by atoms with Crippen molar-refractivity contribution in [3.63, 3.8) is 0 Å². The van der Waals surface area contributed by atoms with Gasteiger partial charge in [0.25, 0.3) is 0 Å². The number of nitrogens with zero attached hydrogens (tertiary/aromatic N) is 1. The van der Waals surface area contributed by atoms with Crippen molar-refractivity contribution in [2.24, 2.45) is 5.92 Å². The van der Waals surface area contributed by atoms with Crippen LogP contribution >= 0.6 is 0 Å². The minimum Gasteiger partial charge on any atom is -0.459 e. The van der Waals surface area contributed by atoms with Gasteiger partial charge < -0.3 is 24.2 Å². The molecule has 3 aliphatic heterocycles. The standard InChI is InChI=1S/C18H28NO6/c1-5-19-8-6-12-10-24-16(21)18(4,23)17(3,22)11(2)15(20)25-13(7-9-19)14(12)19/h6,11,13-14,22-23H,5,7-10H2,1-4H3/q+1/t11-,13+,14+,17+,18-,19?/m1/s1. The van der Waals surface area contributed by atoms with Crippen LogP contribution in [0.5, 0.6) is 0 Å². The third-order valence-corrected chi connectivity index (χ3v) is 6.75. The second kappa shape index (κ2) is 5.79. The Hall–Kier alpha value is -1.44. The number of rotatable bonds is 1. The van der Waals surface area contributed by atoms with Crippen molar-refractivity contribution in [2.45, 2.75) is 57.5 Å². The van der Waals surface area contributed by atoms with Gasteiger partial charge in [0.05, 0.1) is 25.6 Å². The number of hydrogen-bond donors (Lipinski definition) is 2. The van der Waals surface area contributed by atoms with E-state index in [1.165, 1.54) is 20.8 Å². The molecule has 0 aromatic rings. The Bertz CT molecular complexity index is 625. The zero-order valence-corrected chi connectivity index (χ0v) is 15.3. The van der Waals surface area contributed by atoms with Crippen LogP contribution in [0.3, 0.4) is 0 Å². The first kappa shape index (κ1) is 18.4. The van der Waals surface area contributed by atoms with Crippen molar-refractivity contribution in [1.82, 2.24) is 0 Å². The molecule has 140 valence electrons. The van der Waals surface area contributed by atoms with Gasteiger partial charge in [-0.3, -0.25) is 4.79 Å². The number of ether oxygens (including phenoxy) is 2. The highest BCUT2D eigenvalue weighted by atomic mass is 16.6. The number of carbonyl (C=O) groups is 2. The maximum Gasteiger partial charge on any atom is 0.341 e. The van der Waals surface area contributed by atoms with E-state index in [0.29, 0.717) is 0 Å². The van der Waals surface area contributed by atoms with Crippen LogP contribution in [0, 0.1) is 5.92 Å². The first-order chi connectivity index (χ1) is 11.6. The van der Waals surface area contributed by atoms with Crippen LogP contribution in [-0.2, 0) is 19.1 Å². The molecule has 0 saturated carbocycles. The fourth-order valence-corrected chi connectivity index (χ4v) is 4.40. The summed E-state index contributed by atoms with van der Waals surface area (Å²) >= 11 is 0. The van der Waals surface area contributed by atoms with Crippen molar-refractivity contribution in [2.75, 3.05) is 26.2 Å². The molecule has 1 unspecified atom stereocenters. The molecule has 0 bridgehead atoms. The number of hydrogen-bond acceptors (Lipinski definition) is 6. The van der Waals surface area contributed by atoms with Crippen molar-refractivity contribution < 1.29 is 33.8 Å². The van der Waals surface area contributed by atoms with E-state index in [2.05, 4.69) is 13.0 Å². The van der Waals surface area contributed by atoms with Gasteiger partial charge in [-0.05, 0) is 33.8 Å². The van der Waals surface area contributed by atoms with Gasteiger partial charge in [0.1, 0.15) is 12.2 Å². The van der Waals surface area contributed by atoms with Gasteiger partial charge >= 0.3 is 11.9 Å². The number of carbonyl (C=O) groups excluding carboxylic acids is 2. The van der Waals surface area contributed by atoms with Crippen LogP contribution in [0.4, 0.5) is 0 Å². The van der Waals surface area contributed by atoms with Crippen molar-refractivity contribution in [1.29, 1.82) is 0 Å². The van der Waals surface area contributed by atoms with Gasteiger partial charge in [0.15, 0.2) is 17.7 Å². The fourth-order valence-electron chi connectivity index (χ4n) is 4.40. The fraction of sp³-hybridized carbons (Fsp3) is 0.778. The minimum absolute atomic E-state index is 0.0260. The highest BCUT2D eigenvalue weighted by molar-refractivity contribution is 5.83. The molecule has 0 aliphatic carbocycles. The second-order valence-electron chi connectivity index (χ2n) is 7.95. The van der Waals surface area contributed by atoms with E-state index in [4.69, 9.17) is 9.47 Å². The number of cyclic esters (lactones) is 1. The van der Waals surface area contributed by atoms with E-state index in [9.17, 15) is 19.8 Å². The second-order valence-corrected chi connectivity index (χ2v) is 7.95. The lowest BCUT2D eigenvalue weighted by Crippen LogP contribution is -2.61. The summed E-state index contributed by atoms with van der Waals surface area (Å²) in [6.45, 7) is 8.67. The molecule has 3 aliphatic rings. The third-order valence-electron chi connectivity index (χ3n) is 6.75. The molecule has 2 N–H and O–H groups in total. The molecule has 3 heterocycles. The van der Waals surface area contributed by atoms with Gasteiger partial charge in [-0.2, -0.15) is 0 Å². The Morgan fingerprint density at radius 3 is 2.64 bits per heavy atom. The van der Waals surface area contributed by atoms with Gasteiger partial charge in [-0.1, -0.05) is 0 Å². The number of likely N-dealkylation sites (N-methyl/N-ethyl adjacent to an activating group) is 1. The normalized spacial score (nSPS) is 47.4. The summed E-state index contributed by atoms with van der Waals surface area (Å²) in [6.07, 6.45) is 2.48. The molecule has 25 heavy (non-hydrogen) atoms. The molecule has 0 radical (unpaired) electrons. The molecule has 2 saturated heterocycles. The van der Waals surface area contributed by atoms with Crippen LogP contribution in [0.2, 0.25) is 0 Å². The minimum atomic E-state index is -2.22. The first-order valence-corrected chi connectivity index (χ1v) is 8.94. The summed E-state index contributed by atoms with van der Waals surface area (Å²) in [5.41, 5.74) is -3.30. The van der Waals surface area contributed by atoms with Gasteiger partial charge in [-0.15, -0.1) is 0 Å². The van der Waals surface area contributed by atoms with E-state index in [1.807, 2.05) is 0 Å². The Labute approximate surface area is 147 Å². The summed E-state index contributed by atoms with van der Waals surface area (Å²) in [5.74, 6) is -2.62. The Balaban J connectivity index is 2.00. The molecule has 0 spiro atoms. The number of esters is 2. The average Bonchev–Trinajstić information content (AvgIpc) is 3.09. The van der Waals surface area contributed by atoms with Crippen LogP contribution < -0.4 is 0 Å². The lowest BCUT2D eigenvalue weighted by atomic mass is 9.76. The van der Waals surface area contributed by atoms with Crippen molar-refractivity contribution in [3.8, 4) is 0 Å². The van der Waals surface area contributed by atoms with Gasteiger partial charge in [0.2, 0.25) is 0 Å². The maximum atomic E-state index is 12.7. The predicted octanol–water partition coefficient (Wildman–Crippen LogP) is 0.142. The molecule has 0 aromatic carbocycles. The highest BCUT2D eigenvalue weighted by Gasteiger charge is 2.58. The Kier molecular flexibility index (Phi) is 4.25. The predicted molar refractivity (Wildman–Crippen MR) is 88.3 cm³/mol. The molecule has 0 aromatic heterocycles. The van der Waals surface area contributed by atoms with E-state index in [0.717, 1.165) is 36.1 Å². The topological polar surface area (TPSA) is 93.1 Å². The Morgan fingerprint density at radius 1 is 1.32 bits per heavy atom. The molecule has 7 nitrogen and oxygen atoms in total. The van der Waals surface area contributed by atoms with E-state index in [-0.39, 0.29) is 18.8 Å². The van der Waals surface area contributed by atoms with Crippen LogP contribution in [0.25, 0.3) is 0 Å². The monoisotopic (exact) mass is 354 g/mol. The maximum absolute atomic E-state index is 12.7. The molecular weight excluding hydrogens is 326 g/mol. The van der Waals surface area contributed by atoms with Gasteiger partial charge in [-0.25, -0.2) is 4.79 Å². The quantitative estimate of drug-likeness (QED) is 0.395. The van der Waals surface area contributed by atoms with E-state index < -0.39 is 29.1 Å². The van der Waals surface area contributed by atoms with Crippen LogP contribution in [0.15, 0.2) is 11.6 Å². The lowest BCUT2D eigenvalue weighted by Gasteiger charge is -2.39. The highest BCUT2D eigenvalue weighted by Crippen LogP contribution is 2.41. The van der Waals surface area contributed by atoms with Crippen LogP contribution in [-0.4, -0.2) is 76.2 Å². The summed E-state index contributed by atoms with van der Waals surface area (Å²) < 4.78 is 11.9. The molecular formula is C18H28NO6+. The third kappa shape index (κ3) is 2.52. The summed E-state index contributed by atoms with van der Waals surface area (Å²) in [4.78, 5) is 25.1. The first-order valence-electron chi connectivity index (χ1n) is 8.94. The van der Waals surface area contributed by atoms with E-state index >= 15 is 0 Å². The molecule has 3 rings (SSSR count). The number of quaternary nitrogens is 1. The van der Waals surface area contributed by atoms with Crippen molar-refractivity contribution >= 4 is 11.9 Å². The average molecular weight is 354 g/mol. The summed E-state index contributed by atoms with van der Waals surface area (Å²) in [5, 5.41) is 21.3. The zero-order valence-electron chi connectivity index (χ0n) is 15.3. The number of aliphatic hydroxyl groups is 2. The smallest absolute Gasteiger partial charge is 0.341 e. The SMILES string of the molecule is CC[N+]12CC=C3COC(=O)[C@@](C)(O)[C@@](C)(O)[C@H](C)C(=O)O[C@@H](CC1)[C@H]32. The largest absolute Gasteiger partial charge is 0.459 e. The summed E-state index contributed by atoms with van der Waals surface area (Å²) in [6, 6.07) is -0.0260. The Morgan fingerprint density at radius 2 is 2.00 bits per heavy atom. The van der Waals surface area contributed by atoms with E-state index in [1.54, 1.807) is 0 Å². The van der Waals surface area contributed by atoms with Crippen LogP contribution in [0.1, 0.15) is 34.1 Å². The summed E-state index contributed by atoms with van der Waals surface area (Å²) in [7, 11) is 0. The lowest BCUT2D eigenvalue weighted by molar-refractivity contribution is -0.923. The zero-order chi connectivity index (χ0) is 18.6. The van der Waals surface area contributed by atoms with Crippen molar-refractivity contribution in [3.05, 3.63) is 11.6 Å². The molecule has 0 amide bonds. The van der Waals surface area contributed by atoms with Gasteiger partial charge in [0, 0.05) is 12.0 Å².